The Morgan fingerprint density at radius 1 is 1.52 bits per heavy atom. The zero-order valence-electron chi connectivity index (χ0n) is 12.9. The molecule has 1 aromatic rings. The van der Waals surface area contributed by atoms with Gasteiger partial charge >= 0.3 is 0 Å². The van der Waals surface area contributed by atoms with Gasteiger partial charge in [-0.3, -0.25) is 4.79 Å². The number of nitrogens with zero attached hydrogens (tertiary/aromatic N) is 1. The van der Waals surface area contributed by atoms with Gasteiger partial charge in [0.15, 0.2) is 0 Å². The molecule has 0 spiro atoms. The average molecular weight is 289 g/mol. The molecule has 0 unspecified atom stereocenters. The molecule has 0 aliphatic carbocycles. The van der Waals surface area contributed by atoms with Crippen LogP contribution in [0.15, 0.2) is 18.3 Å². The molecule has 1 aromatic heterocycles. The monoisotopic (exact) mass is 289 g/mol. The number of rotatable bonds is 6. The van der Waals surface area contributed by atoms with Gasteiger partial charge in [0.1, 0.15) is 5.69 Å². The highest BCUT2D eigenvalue weighted by atomic mass is 16.5. The van der Waals surface area contributed by atoms with Gasteiger partial charge < -0.3 is 15.8 Å². The second-order valence-electron chi connectivity index (χ2n) is 5.50. The molecule has 1 rings (SSSR count). The van der Waals surface area contributed by atoms with Crippen molar-refractivity contribution in [2.45, 2.75) is 20.3 Å². The maximum atomic E-state index is 12.2. The topological polar surface area (TPSA) is 77.2 Å². The highest BCUT2D eigenvalue weighted by molar-refractivity contribution is 5.94. The molecule has 1 heterocycles. The highest BCUT2D eigenvalue weighted by Crippen LogP contribution is 2.19. The molecule has 0 aromatic carbocycles. The van der Waals surface area contributed by atoms with Crippen LogP contribution in [-0.4, -0.2) is 37.7 Å². The summed E-state index contributed by atoms with van der Waals surface area (Å²) in [5, 5.41) is 2.91. The molecular weight excluding hydrogens is 266 g/mol. The summed E-state index contributed by atoms with van der Waals surface area (Å²) in [5.41, 5.74) is 6.25. The number of ether oxygens (including phenoxy) is 1. The Hall–Kier alpha value is -1.90. The second-order valence-corrected chi connectivity index (χ2v) is 5.50. The molecular formula is C16H23N3O2. The molecule has 0 bridgehead atoms. The molecule has 114 valence electrons. The molecule has 0 fully saturated rings. The predicted molar refractivity (Wildman–Crippen MR) is 82.8 cm³/mol. The fraction of sp³-hybridized carbons (Fsp3) is 0.500. The van der Waals surface area contributed by atoms with Crippen molar-refractivity contribution in [2.75, 3.05) is 26.8 Å². The molecule has 0 saturated carbocycles. The van der Waals surface area contributed by atoms with E-state index in [4.69, 9.17) is 10.5 Å². The fourth-order valence-corrected chi connectivity index (χ4v) is 1.70. The summed E-state index contributed by atoms with van der Waals surface area (Å²) in [5.74, 6) is 5.39. The standard InChI is InChI=1S/C16H23N3O2/c1-16(2,8-11-21-3)12-19-15(20)14-13(6-4-9-17)7-5-10-18-14/h5,7,10H,8-9,11-12,17H2,1-3H3,(H,19,20). The summed E-state index contributed by atoms with van der Waals surface area (Å²) in [6.45, 7) is 5.63. The van der Waals surface area contributed by atoms with Crippen LogP contribution in [0.5, 0.6) is 0 Å². The summed E-state index contributed by atoms with van der Waals surface area (Å²) in [6, 6.07) is 3.51. The number of nitrogens with one attached hydrogen (secondary N) is 1. The number of hydrogen-bond acceptors (Lipinski definition) is 4. The zero-order valence-corrected chi connectivity index (χ0v) is 12.9. The number of carbonyl (C=O) groups excluding carboxylic acids is 1. The molecule has 0 aliphatic heterocycles. The number of carbonyl (C=O) groups is 1. The number of hydrogen-bond donors (Lipinski definition) is 2. The van der Waals surface area contributed by atoms with Gasteiger partial charge in [-0.2, -0.15) is 0 Å². The summed E-state index contributed by atoms with van der Waals surface area (Å²) in [6.07, 6.45) is 2.45. The number of methoxy groups -OCH3 is 1. The van der Waals surface area contributed by atoms with E-state index in [0.29, 0.717) is 24.4 Å². The Kier molecular flexibility index (Phi) is 6.86. The van der Waals surface area contributed by atoms with E-state index in [9.17, 15) is 4.79 Å². The Morgan fingerprint density at radius 3 is 2.95 bits per heavy atom. The Bertz CT molecular complexity index is 530. The van der Waals surface area contributed by atoms with E-state index in [2.05, 4.69) is 36.0 Å². The normalized spacial score (nSPS) is 10.7. The van der Waals surface area contributed by atoms with Gasteiger partial charge in [0.05, 0.1) is 12.1 Å². The number of aromatic nitrogens is 1. The zero-order chi connectivity index (χ0) is 15.7. The van der Waals surface area contributed by atoms with Crippen LogP contribution < -0.4 is 11.1 Å². The third kappa shape index (κ3) is 5.94. The van der Waals surface area contributed by atoms with Crippen LogP contribution in [0.2, 0.25) is 0 Å². The van der Waals surface area contributed by atoms with Crippen molar-refractivity contribution in [3.05, 3.63) is 29.6 Å². The third-order valence-electron chi connectivity index (χ3n) is 3.06. The van der Waals surface area contributed by atoms with Gasteiger partial charge in [0.25, 0.3) is 5.91 Å². The van der Waals surface area contributed by atoms with Crippen molar-refractivity contribution in [3.8, 4) is 11.8 Å². The van der Waals surface area contributed by atoms with Crippen molar-refractivity contribution in [1.29, 1.82) is 0 Å². The average Bonchev–Trinajstić information content (AvgIpc) is 2.49. The van der Waals surface area contributed by atoms with Crippen LogP contribution in [0.4, 0.5) is 0 Å². The highest BCUT2D eigenvalue weighted by Gasteiger charge is 2.20. The molecule has 5 heteroatoms. The molecule has 5 nitrogen and oxygen atoms in total. The van der Waals surface area contributed by atoms with Gasteiger partial charge in [0.2, 0.25) is 0 Å². The lowest BCUT2D eigenvalue weighted by atomic mass is 9.89. The van der Waals surface area contributed by atoms with E-state index >= 15 is 0 Å². The lowest BCUT2D eigenvalue weighted by Gasteiger charge is -2.24. The summed E-state index contributed by atoms with van der Waals surface area (Å²) >= 11 is 0. The van der Waals surface area contributed by atoms with Crippen LogP contribution in [-0.2, 0) is 4.74 Å². The fourth-order valence-electron chi connectivity index (χ4n) is 1.70. The van der Waals surface area contributed by atoms with Crippen LogP contribution in [0.3, 0.4) is 0 Å². The number of pyridine rings is 1. The van der Waals surface area contributed by atoms with Crippen molar-refractivity contribution in [1.82, 2.24) is 10.3 Å². The van der Waals surface area contributed by atoms with E-state index in [1.165, 1.54) is 0 Å². The minimum atomic E-state index is -0.220. The van der Waals surface area contributed by atoms with Crippen molar-refractivity contribution >= 4 is 5.91 Å². The first-order valence-electron chi connectivity index (χ1n) is 6.91. The first kappa shape index (κ1) is 17.2. The van der Waals surface area contributed by atoms with E-state index in [-0.39, 0.29) is 17.9 Å². The van der Waals surface area contributed by atoms with Crippen molar-refractivity contribution < 1.29 is 9.53 Å². The summed E-state index contributed by atoms with van der Waals surface area (Å²) < 4.78 is 5.08. The maximum Gasteiger partial charge on any atom is 0.271 e. The summed E-state index contributed by atoms with van der Waals surface area (Å²) in [7, 11) is 1.67. The van der Waals surface area contributed by atoms with E-state index < -0.39 is 0 Å². The molecule has 0 atom stereocenters. The first-order chi connectivity index (χ1) is 10.00. The molecule has 1 amide bonds. The Labute approximate surface area is 126 Å². The van der Waals surface area contributed by atoms with Crippen LogP contribution in [0.25, 0.3) is 0 Å². The maximum absolute atomic E-state index is 12.2. The number of amides is 1. The van der Waals surface area contributed by atoms with E-state index in [1.807, 2.05) is 0 Å². The van der Waals surface area contributed by atoms with Crippen LogP contribution >= 0.6 is 0 Å². The lowest BCUT2D eigenvalue weighted by molar-refractivity contribution is 0.0916. The van der Waals surface area contributed by atoms with E-state index in [0.717, 1.165) is 6.42 Å². The third-order valence-corrected chi connectivity index (χ3v) is 3.06. The number of nitrogens with two attached hydrogens (primary N) is 1. The molecule has 0 radical (unpaired) electrons. The van der Waals surface area contributed by atoms with Gasteiger partial charge in [-0.05, 0) is 24.0 Å². The van der Waals surface area contributed by atoms with Crippen LogP contribution in [0, 0.1) is 17.3 Å². The van der Waals surface area contributed by atoms with Gasteiger partial charge in [-0.1, -0.05) is 25.7 Å². The van der Waals surface area contributed by atoms with Gasteiger partial charge in [0, 0.05) is 26.5 Å². The van der Waals surface area contributed by atoms with Gasteiger partial charge in [-0.15, -0.1) is 0 Å². The summed E-state index contributed by atoms with van der Waals surface area (Å²) in [4.78, 5) is 16.4. The largest absolute Gasteiger partial charge is 0.385 e. The Balaban J connectivity index is 2.72. The smallest absolute Gasteiger partial charge is 0.271 e. The lowest BCUT2D eigenvalue weighted by Crippen LogP contribution is -2.35. The Morgan fingerprint density at radius 2 is 2.29 bits per heavy atom. The minimum absolute atomic E-state index is 0.0381. The van der Waals surface area contributed by atoms with Gasteiger partial charge in [-0.25, -0.2) is 4.98 Å². The van der Waals surface area contributed by atoms with Crippen molar-refractivity contribution in [2.24, 2.45) is 11.1 Å². The molecule has 3 N–H and O–H groups in total. The van der Waals surface area contributed by atoms with Crippen molar-refractivity contribution in [3.63, 3.8) is 0 Å². The van der Waals surface area contributed by atoms with Crippen LogP contribution in [0.1, 0.15) is 36.3 Å². The predicted octanol–water partition coefficient (Wildman–Crippen LogP) is 1.18. The van der Waals surface area contributed by atoms with E-state index in [1.54, 1.807) is 25.4 Å². The minimum Gasteiger partial charge on any atom is -0.385 e. The molecule has 0 aliphatic rings. The molecule has 21 heavy (non-hydrogen) atoms. The second kappa shape index (κ2) is 8.40. The first-order valence-corrected chi connectivity index (χ1v) is 6.91. The SMILES string of the molecule is COCCC(C)(C)CNC(=O)c1ncccc1C#CCN. The quantitative estimate of drug-likeness (QED) is 0.771. The molecule has 0 saturated heterocycles.